The van der Waals surface area contributed by atoms with E-state index in [0.717, 1.165) is 0 Å². The molecule has 2 aromatic carbocycles. The average Bonchev–Trinajstić information content (AvgIpc) is 2.40. The van der Waals surface area contributed by atoms with Gasteiger partial charge in [-0.25, -0.2) is 9.59 Å². The standard InChI is InChI=1S/2C7H6O3.2ClH/c2*8-6-3-1-5(2-4-6)7(9)10;;/h2*1-4,8H,(H,9,10);2*1H. The van der Waals surface area contributed by atoms with Crippen LogP contribution in [0.1, 0.15) is 20.7 Å². The Morgan fingerprint density at radius 1 is 0.591 bits per heavy atom. The van der Waals surface area contributed by atoms with Gasteiger partial charge in [-0.05, 0) is 48.5 Å². The molecule has 0 aliphatic carbocycles. The van der Waals surface area contributed by atoms with E-state index in [4.69, 9.17) is 20.4 Å². The van der Waals surface area contributed by atoms with Crippen LogP contribution in [0.4, 0.5) is 0 Å². The van der Waals surface area contributed by atoms with Gasteiger partial charge >= 0.3 is 11.9 Å². The summed E-state index contributed by atoms with van der Waals surface area (Å²) in [5.74, 6) is -1.82. The molecule has 0 radical (unpaired) electrons. The van der Waals surface area contributed by atoms with Gasteiger partial charge in [0.15, 0.2) is 0 Å². The van der Waals surface area contributed by atoms with E-state index < -0.39 is 11.9 Å². The number of phenols is 2. The summed E-state index contributed by atoms with van der Waals surface area (Å²) in [6.45, 7) is 0. The Labute approximate surface area is 138 Å². The maximum Gasteiger partial charge on any atom is 0.335 e. The molecule has 0 aromatic heterocycles. The molecule has 120 valence electrons. The molecule has 2 rings (SSSR count). The zero-order chi connectivity index (χ0) is 15.1. The number of benzene rings is 2. The maximum absolute atomic E-state index is 10.2. The summed E-state index contributed by atoms with van der Waals surface area (Å²) < 4.78 is 0. The summed E-state index contributed by atoms with van der Waals surface area (Å²) in [6.07, 6.45) is 0. The summed E-state index contributed by atoms with van der Waals surface area (Å²) in [4.78, 5) is 20.5. The van der Waals surface area contributed by atoms with Gasteiger partial charge in [0.25, 0.3) is 0 Å². The summed E-state index contributed by atoms with van der Waals surface area (Å²) >= 11 is 0. The highest BCUT2D eigenvalue weighted by Gasteiger charge is 2.00. The van der Waals surface area contributed by atoms with Crippen LogP contribution in [0, 0.1) is 0 Å². The number of halogens is 2. The third-order valence-corrected chi connectivity index (χ3v) is 2.23. The predicted molar refractivity (Wildman–Crippen MR) is 84.6 cm³/mol. The lowest BCUT2D eigenvalue weighted by atomic mass is 10.2. The van der Waals surface area contributed by atoms with Crippen molar-refractivity contribution in [2.75, 3.05) is 0 Å². The van der Waals surface area contributed by atoms with E-state index in [1.807, 2.05) is 0 Å². The molecule has 0 heterocycles. The highest BCUT2D eigenvalue weighted by atomic mass is 35.5. The van der Waals surface area contributed by atoms with Crippen LogP contribution in [0.3, 0.4) is 0 Å². The molecule has 2 aromatic rings. The number of carboxylic acid groups (broad SMARTS) is 2. The Balaban J connectivity index is 0. The van der Waals surface area contributed by atoms with E-state index in [0.29, 0.717) is 0 Å². The summed E-state index contributed by atoms with van der Waals surface area (Å²) in [7, 11) is 0. The molecule has 0 saturated carbocycles. The molecule has 0 bridgehead atoms. The van der Waals surface area contributed by atoms with Gasteiger partial charge in [0.2, 0.25) is 0 Å². The van der Waals surface area contributed by atoms with Gasteiger partial charge in [0.05, 0.1) is 11.1 Å². The molecule has 22 heavy (non-hydrogen) atoms. The van der Waals surface area contributed by atoms with Crippen LogP contribution >= 0.6 is 24.8 Å². The van der Waals surface area contributed by atoms with Crippen molar-refractivity contribution in [2.24, 2.45) is 0 Å². The van der Waals surface area contributed by atoms with Crippen LogP contribution in [0.15, 0.2) is 48.5 Å². The van der Waals surface area contributed by atoms with Gasteiger partial charge < -0.3 is 20.4 Å². The number of aromatic hydroxyl groups is 2. The second kappa shape index (κ2) is 10.3. The molecular formula is C14H14Cl2O6. The van der Waals surface area contributed by atoms with Crippen molar-refractivity contribution in [1.29, 1.82) is 0 Å². The first-order valence-electron chi connectivity index (χ1n) is 5.45. The molecule has 0 fully saturated rings. The van der Waals surface area contributed by atoms with Gasteiger partial charge in [-0.15, -0.1) is 24.8 Å². The quantitative estimate of drug-likeness (QED) is 0.662. The molecule has 0 unspecified atom stereocenters. The highest BCUT2D eigenvalue weighted by molar-refractivity contribution is 5.88. The molecule has 6 nitrogen and oxygen atoms in total. The number of hydrogen-bond acceptors (Lipinski definition) is 4. The molecule has 0 atom stereocenters. The largest absolute Gasteiger partial charge is 0.508 e. The van der Waals surface area contributed by atoms with Gasteiger partial charge in [0, 0.05) is 0 Å². The summed E-state index contributed by atoms with van der Waals surface area (Å²) in [5.41, 5.74) is 0.357. The zero-order valence-electron chi connectivity index (χ0n) is 11.0. The summed E-state index contributed by atoms with van der Waals surface area (Å²) in [5, 5.41) is 34.3. The van der Waals surface area contributed by atoms with Crippen LogP contribution in [-0.4, -0.2) is 32.4 Å². The lowest BCUT2D eigenvalue weighted by Gasteiger charge is -1.92. The van der Waals surface area contributed by atoms with Crippen molar-refractivity contribution >= 4 is 36.8 Å². The number of aromatic carboxylic acids is 2. The fourth-order valence-electron chi connectivity index (χ4n) is 1.21. The minimum atomic E-state index is -0.986. The van der Waals surface area contributed by atoms with Crippen LogP contribution in [-0.2, 0) is 0 Å². The van der Waals surface area contributed by atoms with E-state index in [-0.39, 0.29) is 47.4 Å². The fourth-order valence-corrected chi connectivity index (χ4v) is 1.21. The first-order chi connectivity index (χ1) is 9.40. The predicted octanol–water partition coefficient (Wildman–Crippen LogP) is 3.02. The molecule has 0 aliphatic rings. The summed E-state index contributed by atoms with van der Waals surface area (Å²) in [6, 6.07) is 10.7. The molecule has 0 amide bonds. The van der Waals surface area contributed by atoms with Gasteiger partial charge in [-0.2, -0.15) is 0 Å². The molecular weight excluding hydrogens is 335 g/mol. The van der Waals surface area contributed by atoms with E-state index in [9.17, 15) is 9.59 Å². The van der Waals surface area contributed by atoms with Crippen molar-refractivity contribution in [3.63, 3.8) is 0 Å². The lowest BCUT2D eigenvalue weighted by molar-refractivity contribution is 0.0686. The fraction of sp³-hybridized carbons (Fsp3) is 0. The van der Waals surface area contributed by atoms with Crippen LogP contribution in [0.5, 0.6) is 11.5 Å². The lowest BCUT2D eigenvalue weighted by Crippen LogP contribution is -1.93. The van der Waals surface area contributed by atoms with E-state index in [1.165, 1.54) is 48.5 Å². The van der Waals surface area contributed by atoms with Crippen LogP contribution in [0.2, 0.25) is 0 Å². The van der Waals surface area contributed by atoms with Crippen molar-refractivity contribution in [3.8, 4) is 11.5 Å². The topological polar surface area (TPSA) is 115 Å². The average molecular weight is 349 g/mol. The van der Waals surface area contributed by atoms with E-state index >= 15 is 0 Å². The van der Waals surface area contributed by atoms with Crippen LogP contribution in [0.25, 0.3) is 0 Å². The van der Waals surface area contributed by atoms with Crippen molar-refractivity contribution in [1.82, 2.24) is 0 Å². The number of phenolic OH excluding ortho intramolecular Hbond substituents is 2. The Bertz CT molecular complexity index is 540. The zero-order valence-corrected chi connectivity index (χ0v) is 12.7. The number of carboxylic acids is 2. The first kappa shape index (κ1) is 21.9. The van der Waals surface area contributed by atoms with Crippen LogP contribution < -0.4 is 0 Å². The second-order valence-electron chi connectivity index (χ2n) is 3.70. The Kier molecular flexibility index (Phi) is 10.2. The Morgan fingerprint density at radius 3 is 1.00 bits per heavy atom. The Morgan fingerprint density at radius 2 is 0.818 bits per heavy atom. The monoisotopic (exact) mass is 348 g/mol. The highest BCUT2D eigenvalue weighted by Crippen LogP contribution is 2.09. The van der Waals surface area contributed by atoms with Gasteiger partial charge in [-0.3, -0.25) is 0 Å². The van der Waals surface area contributed by atoms with Gasteiger partial charge in [-0.1, -0.05) is 0 Å². The third kappa shape index (κ3) is 7.37. The smallest absolute Gasteiger partial charge is 0.335 e. The van der Waals surface area contributed by atoms with Crippen molar-refractivity contribution < 1.29 is 30.0 Å². The second-order valence-corrected chi connectivity index (χ2v) is 3.70. The first-order valence-corrected chi connectivity index (χ1v) is 5.45. The van der Waals surface area contributed by atoms with E-state index in [1.54, 1.807) is 0 Å². The number of rotatable bonds is 2. The minimum Gasteiger partial charge on any atom is -0.508 e. The molecule has 0 aliphatic heterocycles. The minimum absolute atomic E-state index is 0. The molecule has 8 heteroatoms. The van der Waals surface area contributed by atoms with Crippen molar-refractivity contribution in [2.45, 2.75) is 0 Å². The SMILES string of the molecule is Cl.Cl.O=C(O)c1ccc(O)cc1.O=C(O)c1ccc(O)cc1. The molecule has 4 N–H and O–H groups in total. The normalized spacial score (nSPS) is 8.36. The molecule has 0 saturated heterocycles. The van der Waals surface area contributed by atoms with Crippen molar-refractivity contribution in [3.05, 3.63) is 59.7 Å². The maximum atomic E-state index is 10.2. The Hall–Kier alpha value is -2.44. The van der Waals surface area contributed by atoms with E-state index in [2.05, 4.69) is 0 Å². The third-order valence-electron chi connectivity index (χ3n) is 2.23. The number of carbonyl (C=O) groups is 2. The van der Waals surface area contributed by atoms with Gasteiger partial charge in [0.1, 0.15) is 11.5 Å². The molecule has 0 spiro atoms. The number of hydrogen-bond donors (Lipinski definition) is 4.